The summed E-state index contributed by atoms with van der Waals surface area (Å²) in [5.41, 5.74) is 2.35. The number of imidazole rings is 1. The summed E-state index contributed by atoms with van der Waals surface area (Å²) in [6.07, 6.45) is 12.1. The summed E-state index contributed by atoms with van der Waals surface area (Å²) in [6.45, 7) is 4.00. The molecule has 4 rings (SSSR count). The van der Waals surface area contributed by atoms with E-state index < -0.39 is 0 Å². The van der Waals surface area contributed by atoms with E-state index in [-0.39, 0.29) is 23.8 Å². The maximum Gasteiger partial charge on any atom is 0.223 e. The van der Waals surface area contributed by atoms with Crippen molar-refractivity contribution in [3.05, 3.63) is 59.2 Å². The molecule has 0 saturated heterocycles. The maximum absolute atomic E-state index is 12.2. The minimum Gasteiger partial charge on any atom is -0.354 e. The Balaban J connectivity index is 1.43. The summed E-state index contributed by atoms with van der Waals surface area (Å²) in [6, 6.07) is 3.97. The molecule has 2 aromatic heterocycles. The lowest BCUT2D eigenvalue weighted by Crippen LogP contribution is -2.31. The van der Waals surface area contributed by atoms with Gasteiger partial charge in [0.25, 0.3) is 0 Å². The van der Waals surface area contributed by atoms with Crippen molar-refractivity contribution < 1.29 is 4.79 Å². The number of nitrogens with one attached hydrogen (secondary N) is 1. The van der Waals surface area contributed by atoms with Crippen LogP contribution in [0, 0.1) is 11.8 Å². The Bertz CT molecular complexity index is 964. The molecule has 2 aromatic rings. The summed E-state index contributed by atoms with van der Waals surface area (Å²) in [5.74, 6) is 0.903. The number of hydrogen-bond acceptors (Lipinski definition) is 4. The van der Waals surface area contributed by atoms with E-state index in [4.69, 9.17) is 11.6 Å². The van der Waals surface area contributed by atoms with E-state index in [1.165, 1.54) is 5.57 Å². The second-order valence-corrected chi connectivity index (χ2v) is 9.43. The third-order valence-electron chi connectivity index (χ3n) is 5.28. The Kier molecular flexibility index (Phi) is 5.83. The zero-order valence-corrected chi connectivity index (χ0v) is 18.4. The lowest BCUT2D eigenvalue weighted by Gasteiger charge is -2.17. The number of halogens is 1. The highest BCUT2D eigenvalue weighted by molar-refractivity contribution is 7.99. The third-order valence-corrected chi connectivity index (χ3v) is 6.64. The first-order valence-corrected chi connectivity index (χ1v) is 11.1. The van der Waals surface area contributed by atoms with Gasteiger partial charge in [-0.3, -0.25) is 4.79 Å². The van der Waals surface area contributed by atoms with Gasteiger partial charge in [-0.15, -0.1) is 0 Å². The van der Waals surface area contributed by atoms with Gasteiger partial charge < -0.3 is 9.88 Å². The summed E-state index contributed by atoms with van der Waals surface area (Å²) < 4.78 is 2.04. The number of aryl methyl sites for hydroxylation is 1. The number of rotatable bonds is 6. The standard InChI is InChI=1S/C22H25ClN4OS/c1-13(2)26-21(28)18-10-17(18)14-4-6-15(7-5-14)20-22(27(3)12-25-20)29-19-9-8-16(23)11-24-19/h4-6,8-9,11-13,15,17-18H,7,10H2,1-3H3,(H,26,28). The largest absolute Gasteiger partial charge is 0.354 e. The molecular weight excluding hydrogens is 404 g/mol. The van der Waals surface area contributed by atoms with Gasteiger partial charge in [-0.25, -0.2) is 9.97 Å². The SMILES string of the molecule is CC(C)NC(=O)C1CC1C1=CCC(c2ncn(C)c2Sc2ccc(Cl)cn2)C=C1. The Morgan fingerprint density at radius 1 is 1.34 bits per heavy atom. The van der Waals surface area contributed by atoms with Gasteiger partial charge in [-0.2, -0.15) is 0 Å². The average molecular weight is 429 g/mol. The van der Waals surface area contributed by atoms with E-state index in [0.29, 0.717) is 10.9 Å². The Morgan fingerprint density at radius 3 is 2.83 bits per heavy atom. The van der Waals surface area contributed by atoms with Crippen LogP contribution < -0.4 is 5.32 Å². The highest BCUT2D eigenvalue weighted by Crippen LogP contribution is 2.47. The van der Waals surface area contributed by atoms with Gasteiger partial charge >= 0.3 is 0 Å². The molecule has 3 atom stereocenters. The molecule has 0 radical (unpaired) electrons. The van der Waals surface area contributed by atoms with Crippen LogP contribution >= 0.6 is 23.4 Å². The lowest BCUT2D eigenvalue weighted by atomic mass is 9.92. The number of amides is 1. The molecule has 1 amide bonds. The smallest absolute Gasteiger partial charge is 0.223 e. The number of aromatic nitrogens is 3. The Morgan fingerprint density at radius 2 is 2.17 bits per heavy atom. The molecule has 7 heteroatoms. The van der Waals surface area contributed by atoms with E-state index in [1.807, 2.05) is 43.9 Å². The van der Waals surface area contributed by atoms with Crippen molar-refractivity contribution in [2.45, 2.75) is 48.7 Å². The van der Waals surface area contributed by atoms with Gasteiger partial charge in [0, 0.05) is 31.1 Å². The van der Waals surface area contributed by atoms with Crippen LogP contribution in [0.2, 0.25) is 5.02 Å². The van der Waals surface area contributed by atoms with Gasteiger partial charge in [0.2, 0.25) is 5.91 Å². The molecule has 1 fully saturated rings. The minimum atomic E-state index is 0.127. The van der Waals surface area contributed by atoms with Crippen molar-refractivity contribution in [2.24, 2.45) is 18.9 Å². The summed E-state index contributed by atoms with van der Waals surface area (Å²) in [7, 11) is 2.00. The van der Waals surface area contributed by atoms with Gasteiger partial charge in [0.15, 0.2) is 0 Å². The lowest BCUT2D eigenvalue weighted by molar-refractivity contribution is -0.123. The first kappa shape index (κ1) is 20.2. The van der Waals surface area contributed by atoms with E-state index in [1.54, 1.807) is 18.0 Å². The van der Waals surface area contributed by atoms with Crippen molar-refractivity contribution in [1.82, 2.24) is 19.9 Å². The van der Waals surface area contributed by atoms with Crippen molar-refractivity contribution in [3.63, 3.8) is 0 Å². The van der Waals surface area contributed by atoms with Gasteiger partial charge in [-0.1, -0.05) is 41.6 Å². The molecule has 1 saturated carbocycles. The van der Waals surface area contributed by atoms with Crippen LogP contribution in [0.25, 0.3) is 0 Å². The van der Waals surface area contributed by atoms with Crippen LogP contribution in [0.15, 0.2) is 58.5 Å². The van der Waals surface area contributed by atoms with Crippen LogP contribution in [-0.4, -0.2) is 26.5 Å². The van der Waals surface area contributed by atoms with Crippen molar-refractivity contribution in [1.29, 1.82) is 0 Å². The fourth-order valence-electron chi connectivity index (χ4n) is 3.70. The second-order valence-electron chi connectivity index (χ2n) is 7.98. The van der Waals surface area contributed by atoms with Crippen LogP contribution in [0.4, 0.5) is 0 Å². The second kappa shape index (κ2) is 8.36. The molecule has 29 heavy (non-hydrogen) atoms. The monoisotopic (exact) mass is 428 g/mol. The molecule has 3 unspecified atom stereocenters. The zero-order chi connectivity index (χ0) is 20.5. The molecule has 2 aliphatic carbocycles. The number of pyridine rings is 1. The van der Waals surface area contributed by atoms with Crippen molar-refractivity contribution in [3.8, 4) is 0 Å². The van der Waals surface area contributed by atoms with Gasteiger partial charge in [0.05, 0.1) is 17.0 Å². The average Bonchev–Trinajstić information content (AvgIpc) is 3.42. The van der Waals surface area contributed by atoms with Crippen LogP contribution in [0.3, 0.4) is 0 Å². The number of allylic oxidation sites excluding steroid dienone is 4. The topological polar surface area (TPSA) is 59.8 Å². The number of carbonyl (C=O) groups is 1. The van der Waals surface area contributed by atoms with Crippen molar-refractivity contribution >= 4 is 29.3 Å². The fraction of sp³-hybridized carbons (Fsp3) is 0.409. The van der Waals surface area contributed by atoms with E-state index in [0.717, 1.165) is 28.6 Å². The van der Waals surface area contributed by atoms with Crippen molar-refractivity contribution in [2.75, 3.05) is 0 Å². The highest BCUT2D eigenvalue weighted by Gasteiger charge is 2.44. The third kappa shape index (κ3) is 4.59. The molecule has 0 bridgehead atoms. The summed E-state index contributed by atoms with van der Waals surface area (Å²) in [5, 5.41) is 5.64. The zero-order valence-electron chi connectivity index (χ0n) is 16.8. The Hall–Kier alpha value is -2.05. The summed E-state index contributed by atoms with van der Waals surface area (Å²) in [4.78, 5) is 21.3. The molecule has 5 nitrogen and oxygen atoms in total. The predicted octanol–water partition coefficient (Wildman–Crippen LogP) is 4.75. The minimum absolute atomic E-state index is 0.127. The highest BCUT2D eigenvalue weighted by atomic mass is 35.5. The number of nitrogens with zero attached hydrogens (tertiary/aromatic N) is 3. The molecule has 152 valence electrons. The fourth-order valence-corrected chi connectivity index (χ4v) is 4.75. The van der Waals surface area contributed by atoms with E-state index in [9.17, 15) is 4.79 Å². The Labute approximate surface area is 180 Å². The molecule has 2 aliphatic rings. The first-order valence-electron chi connectivity index (χ1n) is 9.91. The van der Waals surface area contributed by atoms with Crippen LogP contribution in [-0.2, 0) is 11.8 Å². The molecule has 2 heterocycles. The van der Waals surface area contributed by atoms with Gasteiger partial charge in [0.1, 0.15) is 10.1 Å². The number of hydrogen-bond donors (Lipinski definition) is 1. The molecule has 0 spiro atoms. The van der Waals surface area contributed by atoms with Crippen LogP contribution in [0.5, 0.6) is 0 Å². The number of carbonyl (C=O) groups excluding carboxylic acids is 1. The maximum atomic E-state index is 12.2. The van der Waals surface area contributed by atoms with E-state index >= 15 is 0 Å². The van der Waals surface area contributed by atoms with Crippen LogP contribution in [0.1, 0.15) is 38.3 Å². The normalized spacial score (nSPS) is 23.2. The first-order chi connectivity index (χ1) is 13.9. The quantitative estimate of drug-likeness (QED) is 0.721. The van der Waals surface area contributed by atoms with Gasteiger partial charge in [-0.05, 0) is 50.3 Å². The van der Waals surface area contributed by atoms with E-state index in [2.05, 4.69) is 33.5 Å². The molecule has 0 aromatic carbocycles. The molecular formula is C22H25ClN4OS. The molecule has 1 N–H and O–H groups in total. The molecule has 0 aliphatic heterocycles. The predicted molar refractivity (Wildman–Crippen MR) is 116 cm³/mol. The summed E-state index contributed by atoms with van der Waals surface area (Å²) >= 11 is 7.55.